The summed E-state index contributed by atoms with van der Waals surface area (Å²) < 4.78 is 0. The molecule has 5 atom stereocenters. The summed E-state index contributed by atoms with van der Waals surface area (Å²) in [7, 11) is 0. The zero-order chi connectivity index (χ0) is 19.1. The largest absolute Gasteiger partial charge is 0.505 e. The molecule has 0 aromatic carbocycles. The molecule has 2 N–H and O–H groups in total. The molecule has 1 aliphatic heterocycles. The fraction of sp³-hybridized carbons (Fsp3) is 0.545. The van der Waals surface area contributed by atoms with Crippen molar-refractivity contribution in [1.29, 1.82) is 0 Å². The SMILES string of the molecule is C/C=C1\NC(=O)C(C(=O)[C@@]2(C)[C@@H]3CC[C@@H](C)C[C@H]3C=C[C@H]2/C=C/C)=C1O. The summed E-state index contributed by atoms with van der Waals surface area (Å²) in [6.07, 6.45) is 13.2. The van der Waals surface area contributed by atoms with E-state index in [4.69, 9.17) is 0 Å². The Morgan fingerprint density at radius 2 is 2.04 bits per heavy atom. The second-order valence-electron chi connectivity index (χ2n) is 8.12. The number of allylic oxidation sites excluding steroid dienone is 5. The second-order valence-corrected chi connectivity index (χ2v) is 8.12. The van der Waals surface area contributed by atoms with Crippen molar-refractivity contribution in [3.63, 3.8) is 0 Å². The molecule has 3 rings (SSSR count). The van der Waals surface area contributed by atoms with E-state index in [9.17, 15) is 14.7 Å². The summed E-state index contributed by atoms with van der Waals surface area (Å²) in [6, 6.07) is 0. The van der Waals surface area contributed by atoms with E-state index in [1.54, 1.807) is 13.0 Å². The minimum absolute atomic E-state index is 0.0718. The Bertz CT molecular complexity index is 742. The molecule has 0 aromatic rings. The molecule has 0 spiro atoms. The first kappa shape index (κ1) is 18.7. The van der Waals surface area contributed by atoms with Crippen LogP contribution in [0, 0.1) is 29.1 Å². The molecule has 0 saturated heterocycles. The fourth-order valence-corrected chi connectivity index (χ4v) is 5.06. The average molecular weight is 355 g/mol. The van der Waals surface area contributed by atoms with E-state index in [1.807, 2.05) is 26.0 Å². The molecular formula is C22H29NO3. The van der Waals surface area contributed by atoms with E-state index >= 15 is 0 Å². The Balaban J connectivity index is 2.09. The van der Waals surface area contributed by atoms with Gasteiger partial charge >= 0.3 is 0 Å². The quantitative estimate of drug-likeness (QED) is 0.588. The van der Waals surface area contributed by atoms with E-state index in [2.05, 4.69) is 24.4 Å². The number of ketones is 1. The van der Waals surface area contributed by atoms with Gasteiger partial charge in [-0.3, -0.25) is 9.59 Å². The third kappa shape index (κ3) is 2.76. The summed E-state index contributed by atoms with van der Waals surface area (Å²) >= 11 is 0. The highest BCUT2D eigenvalue weighted by atomic mass is 16.3. The van der Waals surface area contributed by atoms with E-state index in [-0.39, 0.29) is 29.0 Å². The molecule has 0 unspecified atom stereocenters. The number of amides is 1. The third-order valence-electron chi connectivity index (χ3n) is 6.56. The van der Waals surface area contributed by atoms with Gasteiger partial charge in [0, 0.05) is 11.3 Å². The molecule has 1 amide bonds. The Hall–Kier alpha value is -2.10. The van der Waals surface area contributed by atoms with Gasteiger partial charge in [-0.05, 0) is 44.4 Å². The molecule has 1 saturated carbocycles. The lowest BCUT2D eigenvalue weighted by molar-refractivity contribution is -0.133. The van der Waals surface area contributed by atoms with Gasteiger partial charge in [-0.2, -0.15) is 0 Å². The maximum absolute atomic E-state index is 13.7. The van der Waals surface area contributed by atoms with Crippen molar-refractivity contribution in [3.8, 4) is 0 Å². The van der Waals surface area contributed by atoms with E-state index < -0.39 is 11.3 Å². The predicted molar refractivity (Wildman–Crippen MR) is 102 cm³/mol. The van der Waals surface area contributed by atoms with Gasteiger partial charge in [0.05, 0.1) is 5.70 Å². The number of fused-ring (bicyclic) bond motifs is 1. The summed E-state index contributed by atoms with van der Waals surface area (Å²) in [5.41, 5.74) is -0.483. The molecule has 26 heavy (non-hydrogen) atoms. The highest BCUT2D eigenvalue weighted by Crippen LogP contribution is 2.54. The zero-order valence-electron chi connectivity index (χ0n) is 16.1. The normalized spacial score (nSPS) is 38.8. The monoisotopic (exact) mass is 355 g/mol. The molecule has 4 heteroatoms. The summed E-state index contributed by atoms with van der Waals surface area (Å²) in [4.78, 5) is 26.1. The molecule has 3 aliphatic rings. The standard InChI is InChI=1S/C22H29NO3/c1-5-7-15-10-9-14-12-13(3)8-11-16(14)22(15,4)20(25)18-19(24)17(6-2)23-21(18)26/h5-7,9-10,13-16,24H,8,11-12H2,1-4H3,(H,23,26)/b7-5+,17-6-/t13-,14-,15-,16-,22-/m1/s1. The Labute approximate surface area is 155 Å². The summed E-state index contributed by atoms with van der Waals surface area (Å²) in [5.74, 6) is 0.173. The summed E-state index contributed by atoms with van der Waals surface area (Å²) in [5, 5.41) is 13.1. The van der Waals surface area contributed by atoms with Gasteiger partial charge in [0.15, 0.2) is 11.5 Å². The van der Waals surface area contributed by atoms with Crippen molar-refractivity contribution in [2.75, 3.05) is 0 Å². The first-order valence-corrected chi connectivity index (χ1v) is 9.61. The van der Waals surface area contributed by atoms with Crippen molar-refractivity contribution in [3.05, 3.63) is 47.4 Å². The minimum atomic E-state index is -0.726. The van der Waals surface area contributed by atoms with Crippen LogP contribution in [0.15, 0.2) is 47.4 Å². The van der Waals surface area contributed by atoms with Gasteiger partial charge < -0.3 is 10.4 Å². The van der Waals surface area contributed by atoms with Crippen LogP contribution in [0.5, 0.6) is 0 Å². The highest BCUT2D eigenvalue weighted by molar-refractivity contribution is 6.24. The molecule has 1 heterocycles. The number of aliphatic hydroxyl groups excluding tert-OH is 1. The maximum Gasteiger partial charge on any atom is 0.263 e. The number of carbonyl (C=O) groups excluding carboxylic acids is 2. The van der Waals surface area contributed by atoms with E-state index in [1.165, 1.54) is 0 Å². The van der Waals surface area contributed by atoms with Crippen LogP contribution in [-0.2, 0) is 9.59 Å². The van der Waals surface area contributed by atoms with Crippen LogP contribution in [0.2, 0.25) is 0 Å². The van der Waals surface area contributed by atoms with Crippen LogP contribution in [0.1, 0.15) is 47.0 Å². The molecule has 2 aliphatic carbocycles. The van der Waals surface area contributed by atoms with E-state index in [0.717, 1.165) is 19.3 Å². The number of hydrogen-bond acceptors (Lipinski definition) is 3. The van der Waals surface area contributed by atoms with Gasteiger partial charge in [-0.15, -0.1) is 0 Å². The Morgan fingerprint density at radius 1 is 1.31 bits per heavy atom. The lowest BCUT2D eigenvalue weighted by Gasteiger charge is -2.49. The van der Waals surface area contributed by atoms with Gasteiger partial charge in [0.25, 0.3) is 5.91 Å². The topological polar surface area (TPSA) is 66.4 Å². The van der Waals surface area contributed by atoms with Gasteiger partial charge in [-0.25, -0.2) is 0 Å². The predicted octanol–water partition coefficient (Wildman–Crippen LogP) is 4.22. The molecule has 0 radical (unpaired) electrons. The smallest absolute Gasteiger partial charge is 0.263 e. The molecule has 140 valence electrons. The van der Waals surface area contributed by atoms with Gasteiger partial charge in [0.1, 0.15) is 5.57 Å². The summed E-state index contributed by atoms with van der Waals surface area (Å²) in [6.45, 7) is 7.92. The molecule has 0 bridgehead atoms. The van der Waals surface area contributed by atoms with Crippen molar-refractivity contribution >= 4 is 11.7 Å². The van der Waals surface area contributed by atoms with Crippen LogP contribution in [0.25, 0.3) is 0 Å². The highest BCUT2D eigenvalue weighted by Gasteiger charge is 2.54. The van der Waals surface area contributed by atoms with E-state index in [0.29, 0.717) is 17.5 Å². The second kappa shape index (κ2) is 6.90. The van der Waals surface area contributed by atoms with Crippen molar-refractivity contribution in [2.45, 2.75) is 47.0 Å². The van der Waals surface area contributed by atoms with Gasteiger partial charge in [0.2, 0.25) is 0 Å². The lowest BCUT2D eigenvalue weighted by atomic mass is 9.53. The average Bonchev–Trinajstić information content (AvgIpc) is 2.90. The maximum atomic E-state index is 13.7. The molecule has 0 aromatic heterocycles. The van der Waals surface area contributed by atoms with Crippen molar-refractivity contribution in [1.82, 2.24) is 5.32 Å². The van der Waals surface area contributed by atoms with Gasteiger partial charge in [-0.1, -0.05) is 50.6 Å². The first-order chi connectivity index (χ1) is 12.3. The molecule has 4 nitrogen and oxygen atoms in total. The third-order valence-corrected chi connectivity index (χ3v) is 6.56. The number of rotatable bonds is 3. The number of aliphatic hydroxyl groups is 1. The number of nitrogens with one attached hydrogen (secondary N) is 1. The number of Topliss-reactive ketones (excluding diaryl/α,β-unsaturated/α-hetero) is 1. The first-order valence-electron chi connectivity index (χ1n) is 9.61. The Morgan fingerprint density at radius 3 is 2.65 bits per heavy atom. The van der Waals surface area contributed by atoms with Crippen LogP contribution in [-0.4, -0.2) is 16.8 Å². The van der Waals surface area contributed by atoms with Crippen LogP contribution in [0.4, 0.5) is 0 Å². The molecular weight excluding hydrogens is 326 g/mol. The number of hydrogen-bond donors (Lipinski definition) is 2. The fourth-order valence-electron chi connectivity index (χ4n) is 5.06. The van der Waals surface area contributed by atoms with Crippen LogP contribution < -0.4 is 5.32 Å². The zero-order valence-corrected chi connectivity index (χ0v) is 16.1. The minimum Gasteiger partial charge on any atom is -0.505 e. The molecule has 1 fully saturated rings. The van der Waals surface area contributed by atoms with Crippen LogP contribution in [0.3, 0.4) is 0 Å². The Kier molecular flexibility index (Phi) is 4.96. The lowest BCUT2D eigenvalue weighted by Crippen LogP contribution is -2.49. The van der Waals surface area contributed by atoms with Crippen molar-refractivity contribution in [2.24, 2.45) is 29.1 Å². The number of carbonyl (C=O) groups is 2. The van der Waals surface area contributed by atoms with Crippen molar-refractivity contribution < 1.29 is 14.7 Å². The van der Waals surface area contributed by atoms with Crippen LogP contribution >= 0.6 is 0 Å².